The lowest BCUT2D eigenvalue weighted by atomic mass is 9.94. The van der Waals surface area contributed by atoms with Gasteiger partial charge in [0.25, 0.3) is 5.91 Å². The van der Waals surface area contributed by atoms with Crippen LogP contribution >= 0.6 is 11.6 Å². The monoisotopic (exact) mass is 297 g/mol. The van der Waals surface area contributed by atoms with E-state index in [1.807, 2.05) is 0 Å². The topological polar surface area (TPSA) is 75.6 Å². The Bertz CT molecular complexity index is 556. The fourth-order valence-electron chi connectivity index (χ4n) is 1.86. The van der Waals surface area contributed by atoms with E-state index in [4.69, 9.17) is 21.4 Å². The quantitative estimate of drug-likeness (QED) is 0.889. The van der Waals surface area contributed by atoms with Crippen LogP contribution in [0.3, 0.4) is 0 Å². The van der Waals surface area contributed by atoms with Gasteiger partial charge >= 0.3 is 5.97 Å². The number of fused-ring (bicyclic) bond motifs is 1. The molecule has 1 atom stereocenters. The van der Waals surface area contributed by atoms with E-state index < -0.39 is 17.5 Å². The third-order valence-corrected chi connectivity index (χ3v) is 3.51. The van der Waals surface area contributed by atoms with Crippen LogP contribution in [0.15, 0.2) is 18.2 Å². The molecule has 0 bridgehead atoms. The molecule has 1 aliphatic heterocycles. The number of carboxylic acid groups (broad SMARTS) is 1. The average molecular weight is 298 g/mol. The summed E-state index contributed by atoms with van der Waals surface area (Å²) in [5, 5.41) is 12.2. The molecule has 1 heterocycles. The van der Waals surface area contributed by atoms with Crippen LogP contribution in [0, 0.1) is 5.41 Å². The Kier molecular flexibility index (Phi) is 3.90. The first-order chi connectivity index (χ1) is 9.29. The first-order valence-electron chi connectivity index (χ1n) is 6.26. The second kappa shape index (κ2) is 5.32. The summed E-state index contributed by atoms with van der Waals surface area (Å²) in [6, 6.07) is 5.20. The number of amides is 1. The van der Waals surface area contributed by atoms with Crippen LogP contribution in [0.25, 0.3) is 0 Å². The smallest absolute Gasteiger partial charge is 0.310 e. The number of halogens is 1. The van der Waals surface area contributed by atoms with Gasteiger partial charge < -0.3 is 15.2 Å². The highest BCUT2D eigenvalue weighted by Crippen LogP contribution is 2.31. The minimum Gasteiger partial charge on any atom is -0.481 e. The molecule has 1 aromatic rings. The number of carboxylic acids is 1. The molecule has 0 aliphatic carbocycles. The third kappa shape index (κ3) is 3.04. The van der Waals surface area contributed by atoms with Crippen molar-refractivity contribution in [3.63, 3.8) is 0 Å². The number of nitrogens with one attached hydrogen (secondary N) is 1. The number of hydrogen-bond donors (Lipinski definition) is 2. The molecule has 0 spiro atoms. The molecule has 0 aromatic heterocycles. The molecule has 0 saturated carbocycles. The van der Waals surface area contributed by atoms with Gasteiger partial charge in [0.1, 0.15) is 5.75 Å². The van der Waals surface area contributed by atoms with Crippen molar-refractivity contribution in [1.29, 1.82) is 0 Å². The summed E-state index contributed by atoms with van der Waals surface area (Å²) < 4.78 is 5.53. The second-order valence-electron chi connectivity index (χ2n) is 5.47. The van der Waals surface area contributed by atoms with Crippen molar-refractivity contribution in [2.45, 2.75) is 26.4 Å². The summed E-state index contributed by atoms with van der Waals surface area (Å²) in [5.74, 6) is -0.626. The maximum Gasteiger partial charge on any atom is 0.310 e. The van der Waals surface area contributed by atoms with Gasteiger partial charge in [-0.05, 0) is 37.6 Å². The third-order valence-electron chi connectivity index (χ3n) is 3.27. The maximum absolute atomic E-state index is 12.0. The van der Waals surface area contributed by atoms with Gasteiger partial charge in [-0.3, -0.25) is 9.59 Å². The standard InChI is InChI=1S/C14H16ClNO4/c1-14(2,13(18)19)7-16-12(17)11-6-8-5-9(15)3-4-10(8)20-11/h3-5,11H,6-7H2,1-2H3,(H,16,17)(H,18,19). The van der Waals surface area contributed by atoms with Crippen molar-refractivity contribution in [3.05, 3.63) is 28.8 Å². The molecule has 1 unspecified atom stereocenters. The highest BCUT2D eigenvalue weighted by Gasteiger charge is 2.32. The molecular weight excluding hydrogens is 282 g/mol. The van der Waals surface area contributed by atoms with E-state index in [0.717, 1.165) is 5.56 Å². The van der Waals surface area contributed by atoms with Gasteiger partial charge in [-0.1, -0.05) is 11.6 Å². The van der Waals surface area contributed by atoms with E-state index in [2.05, 4.69) is 5.32 Å². The molecule has 2 N–H and O–H groups in total. The lowest BCUT2D eigenvalue weighted by Gasteiger charge is -2.20. The van der Waals surface area contributed by atoms with Gasteiger partial charge in [-0.15, -0.1) is 0 Å². The number of rotatable bonds is 4. The highest BCUT2D eigenvalue weighted by molar-refractivity contribution is 6.30. The van der Waals surface area contributed by atoms with Crippen molar-refractivity contribution < 1.29 is 19.4 Å². The minimum atomic E-state index is -1.01. The molecule has 0 saturated heterocycles. The SMILES string of the molecule is CC(C)(CNC(=O)C1Cc2cc(Cl)ccc2O1)C(=O)O. The Hall–Kier alpha value is -1.75. The lowest BCUT2D eigenvalue weighted by molar-refractivity contribution is -0.147. The molecular formula is C14H16ClNO4. The van der Waals surface area contributed by atoms with E-state index in [1.54, 1.807) is 32.0 Å². The van der Waals surface area contributed by atoms with Gasteiger partial charge in [0, 0.05) is 18.0 Å². The van der Waals surface area contributed by atoms with E-state index in [1.165, 1.54) is 0 Å². The zero-order chi connectivity index (χ0) is 14.9. The van der Waals surface area contributed by atoms with Crippen molar-refractivity contribution >= 4 is 23.5 Å². The largest absolute Gasteiger partial charge is 0.481 e. The van der Waals surface area contributed by atoms with Gasteiger partial charge in [0.15, 0.2) is 6.10 Å². The fraction of sp³-hybridized carbons (Fsp3) is 0.429. The summed E-state index contributed by atoms with van der Waals surface area (Å²) in [7, 11) is 0. The molecule has 20 heavy (non-hydrogen) atoms. The summed E-state index contributed by atoms with van der Waals surface area (Å²) in [5.41, 5.74) is -0.125. The predicted molar refractivity (Wildman–Crippen MR) is 74.0 cm³/mol. The number of benzene rings is 1. The van der Waals surface area contributed by atoms with Crippen LogP contribution in [0.5, 0.6) is 5.75 Å². The Balaban J connectivity index is 1.95. The predicted octanol–water partition coefficient (Wildman–Crippen LogP) is 1.87. The highest BCUT2D eigenvalue weighted by atomic mass is 35.5. The molecule has 1 aliphatic rings. The Labute approximate surface area is 121 Å². The first-order valence-corrected chi connectivity index (χ1v) is 6.63. The van der Waals surface area contributed by atoms with E-state index in [0.29, 0.717) is 17.2 Å². The lowest BCUT2D eigenvalue weighted by Crippen LogP contribution is -2.44. The number of aliphatic carboxylic acids is 1. The minimum absolute atomic E-state index is 0.0537. The van der Waals surface area contributed by atoms with Crippen LogP contribution in [-0.2, 0) is 16.0 Å². The Morgan fingerprint density at radius 1 is 1.50 bits per heavy atom. The molecule has 5 nitrogen and oxygen atoms in total. The molecule has 108 valence electrons. The average Bonchev–Trinajstić information content (AvgIpc) is 2.78. The van der Waals surface area contributed by atoms with Crippen molar-refractivity contribution in [3.8, 4) is 5.75 Å². The molecule has 0 fully saturated rings. The summed E-state index contributed by atoms with van der Waals surface area (Å²) in [6.07, 6.45) is -0.192. The van der Waals surface area contributed by atoms with E-state index in [-0.39, 0.29) is 12.5 Å². The zero-order valence-corrected chi connectivity index (χ0v) is 12.0. The van der Waals surface area contributed by atoms with Crippen LogP contribution in [0.1, 0.15) is 19.4 Å². The Morgan fingerprint density at radius 3 is 2.85 bits per heavy atom. The molecule has 2 rings (SSSR count). The summed E-state index contributed by atoms with van der Waals surface area (Å²) >= 11 is 5.89. The van der Waals surface area contributed by atoms with Crippen LogP contribution < -0.4 is 10.1 Å². The molecule has 1 amide bonds. The maximum atomic E-state index is 12.0. The summed E-state index contributed by atoms with van der Waals surface area (Å²) in [4.78, 5) is 23.0. The number of carbonyl (C=O) groups is 2. The van der Waals surface area contributed by atoms with Gasteiger partial charge in [-0.2, -0.15) is 0 Å². The molecule has 0 radical (unpaired) electrons. The van der Waals surface area contributed by atoms with E-state index in [9.17, 15) is 9.59 Å². The van der Waals surface area contributed by atoms with Gasteiger partial charge in [-0.25, -0.2) is 0 Å². The number of carbonyl (C=O) groups excluding carboxylic acids is 1. The van der Waals surface area contributed by atoms with Gasteiger partial charge in [0.2, 0.25) is 0 Å². The van der Waals surface area contributed by atoms with Crippen LogP contribution in [-0.4, -0.2) is 29.6 Å². The van der Waals surface area contributed by atoms with Crippen molar-refractivity contribution in [2.24, 2.45) is 5.41 Å². The Morgan fingerprint density at radius 2 is 2.20 bits per heavy atom. The molecule has 6 heteroatoms. The van der Waals surface area contributed by atoms with Gasteiger partial charge in [0.05, 0.1) is 5.41 Å². The fourth-order valence-corrected chi connectivity index (χ4v) is 2.06. The van der Waals surface area contributed by atoms with E-state index >= 15 is 0 Å². The zero-order valence-electron chi connectivity index (χ0n) is 11.3. The van der Waals surface area contributed by atoms with Crippen molar-refractivity contribution in [2.75, 3.05) is 6.54 Å². The second-order valence-corrected chi connectivity index (χ2v) is 5.91. The van der Waals surface area contributed by atoms with Crippen molar-refractivity contribution in [1.82, 2.24) is 5.32 Å². The van der Waals surface area contributed by atoms with Crippen LogP contribution in [0.2, 0.25) is 5.02 Å². The number of ether oxygens (including phenoxy) is 1. The normalized spacial score (nSPS) is 17.2. The first kappa shape index (κ1) is 14.7. The summed E-state index contributed by atoms with van der Waals surface area (Å²) in [6.45, 7) is 3.16. The van der Waals surface area contributed by atoms with Crippen LogP contribution in [0.4, 0.5) is 0 Å². The number of hydrogen-bond acceptors (Lipinski definition) is 3. The molecule has 1 aromatic carbocycles.